The smallest absolute Gasteiger partial charge is 0.183 e. The van der Waals surface area contributed by atoms with Gasteiger partial charge in [0, 0.05) is 26.1 Å². The Kier molecular flexibility index (Phi) is 5.26. The van der Waals surface area contributed by atoms with Gasteiger partial charge in [-0.1, -0.05) is 0 Å². The largest absolute Gasteiger partial charge is 0.383 e. The van der Waals surface area contributed by atoms with Crippen LogP contribution >= 0.6 is 22.7 Å². The van der Waals surface area contributed by atoms with Gasteiger partial charge in [0.25, 0.3) is 0 Å². The molecule has 1 N–H and O–H groups in total. The summed E-state index contributed by atoms with van der Waals surface area (Å²) < 4.78 is 10.1. The van der Waals surface area contributed by atoms with Crippen molar-refractivity contribution in [1.82, 2.24) is 9.97 Å². The Morgan fingerprint density at radius 3 is 2.84 bits per heavy atom. The Bertz CT molecular complexity index is 525. The van der Waals surface area contributed by atoms with Crippen LogP contribution in [0.15, 0.2) is 5.38 Å². The summed E-state index contributed by atoms with van der Waals surface area (Å²) in [7, 11) is 3.37. The summed E-state index contributed by atoms with van der Waals surface area (Å²) in [5.41, 5.74) is 1.98. The third-order valence-electron chi connectivity index (χ3n) is 2.43. The number of ether oxygens (including phenoxy) is 2. The molecule has 104 valence electrons. The molecule has 5 nitrogen and oxygen atoms in total. The first kappa shape index (κ1) is 14.4. The fourth-order valence-corrected chi connectivity index (χ4v) is 3.40. The van der Waals surface area contributed by atoms with E-state index in [2.05, 4.69) is 15.3 Å². The zero-order valence-corrected chi connectivity index (χ0v) is 12.9. The average Bonchev–Trinajstić information content (AvgIpc) is 2.97. The molecule has 0 amide bonds. The highest BCUT2D eigenvalue weighted by Crippen LogP contribution is 2.32. The van der Waals surface area contributed by atoms with E-state index in [0.717, 1.165) is 32.9 Å². The van der Waals surface area contributed by atoms with Gasteiger partial charge in [-0.25, -0.2) is 9.97 Å². The van der Waals surface area contributed by atoms with Gasteiger partial charge in [-0.05, 0) is 6.92 Å². The third-order valence-corrected chi connectivity index (χ3v) is 4.38. The molecule has 2 rings (SSSR count). The van der Waals surface area contributed by atoms with Gasteiger partial charge in [-0.2, -0.15) is 0 Å². The molecule has 2 aromatic rings. The number of hydrogen-bond donors (Lipinski definition) is 1. The van der Waals surface area contributed by atoms with Crippen LogP contribution in [-0.4, -0.2) is 37.3 Å². The monoisotopic (exact) mass is 299 g/mol. The fraction of sp³-hybridized carbons (Fsp3) is 0.500. The van der Waals surface area contributed by atoms with Gasteiger partial charge in [-0.15, -0.1) is 22.7 Å². The van der Waals surface area contributed by atoms with Crippen molar-refractivity contribution < 1.29 is 9.47 Å². The summed E-state index contributed by atoms with van der Waals surface area (Å²) in [6, 6.07) is 0. The molecule has 0 aliphatic carbocycles. The van der Waals surface area contributed by atoms with Gasteiger partial charge in [0.1, 0.15) is 5.01 Å². The van der Waals surface area contributed by atoms with E-state index in [1.807, 2.05) is 12.3 Å². The second-order valence-electron chi connectivity index (χ2n) is 3.91. The van der Waals surface area contributed by atoms with Crippen LogP contribution < -0.4 is 5.32 Å². The highest BCUT2D eigenvalue weighted by atomic mass is 32.1. The minimum absolute atomic E-state index is 0.550. The standard InChI is InChI=1S/C12H17N3O2S2/c1-8-11(19-10(14-8)6-17-3)9-7-18-12(15-9)13-4-5-16-2/h7H,4-6H2,1-3H3,(H,13,15). The molecular formula is C12H17N3O2S2. The zero-order valence-electron chi connectivity index (χ0n) is 11.2. The highest BCUT2D eigenvalue weighted by Gasteiger charge is 2.12. The molecule has 0 atom stereocenters. The molecule has 19 heavy (non-hydrogen) atoms. The van der Waals surface area contributed by atoms with Crippen LogP contribution in [-0.2, 0) is 16.1 Å². The second kappa shape index (κ2) is 6.95. The molecule has 0 saturated carbocycles. The average molecular weight is 299 g/mol. The number of nitrogens with one attached hydrogen (secondary N) is 1. The Hall–Kier alpha value is -1.02. The number of anilines is 1. The van der Waals surface area contributed by atoms with Crippen LogP contribution in [0.2, 0.25) is 0 Å². The van der Waals surface area contributed by atoms with E-state index < -0.39 is 0 Å². The van der Waals surface area contributed by atoms with Crippen LogP contribution in [0.25, 0.3) is 10.6 Å². The Balaban J connectivity index is 2.09. The summed E-state index contributed by atoms with van der Waals surface area (Å²) in [5, 5.41) is 7.17. The molecule has 0 fully saturated rings. The maximum absolute atomic E-state index is 5.11. The highest BCUT2D eigenvalue weighted by molar-refractivity contribution is 7.16. The van der Waals surface area contributed by atoms with Crippen molar-refractivity contribution in [3.8, 4) is 10.6 Å². The number of thiazole rings is 2. The fourth-order valence-electron chi connectivity index (χ4n) is 1.59. The van der Waals surface area contributed by atoms with Crippen molar-refractivity contribution >= 4 is 27.8 Å². The van der Waals surface area contributed by atoms with Crippen LogP contribution in [0.5, 0.6) is 0 Å². The van der Waals surface area contributed by atoms with Gasteiger partial charge < -0.3 is 14.8 Å². The lowest BCUT2D eigenvalue weighted by Crippen LogP contribution is -2.06. The van der Waals surface area contributed by atoms with E-state index >= 15 is 0 Å². The SMILES string of the molecule is COCCNc1nc(-c2sc(COC)nc2C)cs1. The summed E-state index contributed by atoms with van der Waals surface area (Å²) in [5.74, 6) is 0. The number of methoxy groups -OCH3 is 2. The van der Waals surface area contributed by atoms with Crippen molar-refractivity contribution in [3.05, 3.63) is 16.1 Å². The molecule has 0 bridgehead atoms. The van der Waals surface area contributed by atoms with E-state index in [4.69, 9.17) is 9.47 Å². The first-order valence-corrected chi connectivity index (χ1v) is 7.58. The quantitative estimate of drug-likeness (QED) is 0.797. The molecule has 0 unspecified atom stereocenters. The molecule has 0 aliphatic heterocycles. The van der Waals surface area contributed by atoms with Gasteiger partial charge in [0.15, 0.2) is 5.13 Å². The van der Waals surface area contributed by atoms with Crippen LogP contribution in [0.4, 0.5) is 5.13 Å². The molecule has 2 aromatic heterocycles. The van der Waals surface area contributed by atoms with Crippen LogP contribution in [0.3, 0.4) is 0 Å². The molecule has 2 heterocycles. The lowest BCUT2D eigenvalue weighted by Gasteiger charge is -1.99. The predicted octanol–water partition coefficient (Wildman–Crippen LogP) is 2.78. The lowest BCUT2D eigenvalue weighted by molar-refractivity contribution is 0.184. The summed E-state index contributed by atoms with van der Waals surface area (Å²) in [4.78, 5) is 10.2. The van der Waals surface area contributed by atoms with E-state index in [1.165, 1.54) is 0 Å². The number of aryl methyl sites for hydroxylation is 1. The number of rotatable bonds is 7. The van der Waals surface area contributed by atoms with Crippen LogP contribution in [0, 0.1) is 6.92 Å². The van der Waals surface area contributed by atoms with Crippen molar-refractivity contribution in [3.63, 3.8) is 0 Å². The minimum Gasteiger partial charge on any atom is -0.383 e. The van der Waals surface area contributed by atoms with E-state index in [0.29, 0.717) is 13.2 Å². The lowest BCUT2D eigenvalue weighted by atomic mass is 10.3. The van der Waals surface area contributed by atoms with Crippen LogP contribution in [0.1, 0.15) is 10.7 Å². The topological polar surface area (TPSA) is 56.3 Å². The molecular weight excluding hydrogens is 282 g/mol. The van der Waals surface area contributed by atoms with Gasteiger partial charge in [0.2, 0.25) is 0 Å². The third kappa shape index (κ3) is 3.73. The summed E-state index contributed by atoms with van der Waals surface area (Å²) >= 11 is 3.23. The Morgan fingerprint density at radius 1 is 1.26 bits per heavy atom. The van der Waals surface area contributed by atoms with Gasteiger partial charge in [0.05, 0.1) is 29.5 Å². The number of hydrogen-bond acceptors (Lipinski definition) is 7. The Labute approximate surface area is 120 Å². The molecule has 0 spiro atoms. The van der Waals surface area contributed by atoms with E-state index in [9.17, 15) is 0 Å². The maximum Gasteiger partial charge on any atom is 0.183 e. The zero-order chi connectivity index (χ0) is 13.7. The predicted molar refractivity (Wildman–Crippen MR) is 79.0 cm³/mol. The Morgan fingerprint density at radius 2 is 2.11 bits per heavy atom. The van der Waals surface area contributed by atoms with Crippen molar-refractivity contribution in [2.75, 3.05) is 32.7 Å². The minimum atomic E-state index is 0.550. The maximum atomic E-state index is 5.11. The van der Waals surface area contributed by atoms with Crippen molar-refractivity contribution in [1.29, 1.82) is 0 Å². The normalized spacial score (nSPS) is 10.9. The molecule has 0 radical (unpaired) electrons. The van der Waals surface area contributed by atoms with E-state index in [-0.39, 0.29) is 0 Å². The second-order valence-corrected chi connectivity index (χ2v) is 5.85. The summed E-state index contributed by atoms with van der Waals surface area (Å²) in [6.07, 6.45) is 0. The van der Waals surface area contributed by atoms with Gasteiger partial charge in [-0.3, -0.25) is 0 Å². The van der Waals surface area contributed by atoms with E-state index in [1.54, 1.807) is 36.9 Å². The van der Waals surface area contributed by atoms with Gasteiger partial charge >= 0.3 is 0 Å². The molecule has 7 heteroatoms. The first-order valence-electron chi connectivity index (χ1n) is 5.88. The first-order chi connectivity index (χ1) is 9.24. The molecule has 0 aromatic carbocycles. The molecule has 0 aliphatic rings. The van der Waals surface area contributed by atoms with Crippen molar-refractivity contribution in [2.45, 2.75) is 13.5 Å². The summed E-state index contributed by atoms with van der Waals surface area (Å²) in [6.45, 7) is 3.99. The molecule has 0 saturated heterocycles. The number of nitrogens with zero attached hydrogens (tertiary/aromatic N) is 2. The van der Waals surface area contributed by atoms with Crippen molar-refractivity contribution in [2.24, 2.45) is 0 Å². The number of aromatic nitrogens is 2.